The van der Waals surface area contributed by atoms with Gasteiger partial charge in [-0.1, -0.05) is 6.07 Å². The van der Waals surface area contributed by atoms with Crippen LogP contribution in [0.25, 0.3) is 0 Å². The number of carbonyl (C=O) groups is 1. The van der Waals surface area contributed by atoms with E-state index in [4.69, 9.17) is 18.9 Å². The predicted octanol–water partition coefficient (Wildman–Crippen LogP) is 3.73. The first-order chi connectivity index (χ1) is 13.7. The van der Waals surface area contributed by atoms with Gasteiger partial charge < -0.3 is 23.8 Å². The average Bonchev–Trinajstić information content (AvgIpc) is 3.40. The van der Waals surface area contributed by atoms with Gasteiger partial charge in [-0.3, -0.25) is 4.79 Å². The van der Waals surface area contributed by atoms with Crippen LogP contribution in [0.4, 0.5) is 0 Å². The Labute approximate surface area is 165 Å². The molecule has 0 radical (unpaired) electrons. The number of fused-ring (bicyclic) bond motifs is 1. The fourth-order valence-electron chi connectivity index (χ4n) is 3.98. The zero-order valence-electron chi connectivity index (χ0n) is 16.3. The van der Waals surface area contributed by atoms with Gasteiger partial charge in [-0.25, -0.2) is 0 Å². The summed E-state index contributed by atoms with van der Waals surface area (Å²) in [5.41, 5.74) is 2.09. The molecule has 2 heterocycles. The quantitative estimate of drug-likeness (QED) is 0.761. The fourth-order valence-corrected chi connectivity index (χ4v) is 3.98. The Hall–Kier alpha value is -2.89. The summed E-state index contributed by atoms with van der Waals surface area (Å²) in [5.74, 6) is 3.24. The Kier molecular flexibility index (Phi) is 5.28. The first-order valence-electron chi connectivity index (χ1n) is 9.59. The molecule has 2 aromatic rings. The SMILES string of the molecule is COc1ccc(OC)c([C@H]2CCCN2C(=O)CCc2ccc3c(c2)OCO3)c1. The zero-order valence-corrected chi connectivity index (χ0v) is 16.3. The third kappa shape index (κ3) is 3.59. The third-order valence-electron chi connectivity index (χ3n) is 5.43. The molecule has 0 bridgehead atoms. The largest absolute Gasteiger partial charge is 0.497 e. The molecule has 148 valence electrons. The van der Waals surface area contributed by atoms with Crippen molar-refractivity contribution in [2.45, 2.75) is 31.7 Å². The van der Waals surface area contributed by atoms with Gasteiger partial charge in [-0.05, 0) is 55.2 Å². The van der Waals surface area contributed by atoms with Crippen LogP contribution >= 0.6 is 0 Å². The number of likely N-dealkylation sites (tertiary alicyclic amines) is 1. The molecular weight excluding hydrogens is 358 g/mol. The summed E-state index contributed by atoms with van der Waals surface area (Å²) in [6, 6.07) is 11.6. The second kappa shape index (κ2) is 8.00. The highest BCUT2D eigenvalue weighted by Crippen LogP contribution is 2.39. The molecule has 0 saturated carbocycles. The van der Waals surface area contributed by atoms with E-state index in [9.17, 15) is 4.79 Å². The second-order valence-electron chi connectivity index (χ2n) is 7.04. The van der Waals surface area contributed by atoms with Crippen LogP contribution in [0, 0.1) is 0 Å². The van der Waals surface area contributed by atoms with Gasteiger partial charge in [0.2, 0.25) is 12.7 Å². The number of methoxy groups -OCH3 is 2. The van der Waals surface area contributed by atoms with E-state index in [0.29, 0.717) is 12.8 Å². The van der Waals surface area contributed by atoms with E-state index in [2.05, 4.69) is 0 Å². The molecule has 6 heteroatoms. The number of carbonyl (C=O) groups excluding carboxylic acids is 1. The summed E-state index contributed by atoms with van der Waals surface area (Å²) in [6.45, 7) is 1.03. The Bertz CT molecular complexity index is 866. The fraction of sp³-hybridized carbons (Fsp3) is 0.409. The Morgan fingerprint density at radius 2 is 1.96 bits per heavy atom. The van der Waals surface area contributed by atoms with E-state index in [1.807, 2.05) is 41.3 Å². The predicted molar refractivity (Wildman–Crippen MR) is 104 cm³/mol. The smallest absolute Gasteiger partial charge is 0.231 e. The number of hydrogen-bond donors (Lipinski definition) is 0. The molecule has 0 spiro atoms. The third-order valence-corrected chi connectivity index (χ3v) is 5.43. The standard InChI is InChI=1S/C22H25NO5/c1-25-16-7-9-19(26-2)17(13-16)18-4-3-11-23(18)22(24)10-6-15-5-8-20-21(12-15)28-14-27-20/h5,7-9,12-13,18H,3-4,6,10-11,14H2,1-2H3/t18-/m1/s1. The van der Waals surface area contributed by atoms with Crippen molar-refractivity contribution in [2.75, 3.05) is 27.6 Å². The molecular formula is C22H25NO5. The monoisotopic (exact) mass is 383 g/mol. The van der Waals surface area contributed by atoms with Crippen LogP contribution in [-0.4, -0.2) is 38.4 Å². The van der Waals surface area contributed by atoms with Crippen LogP contribution in [0.3, 0.4) is 0 Å². The van der Waals surface area contributed by atoms with Crippen LogP contribution in [-0.2, 0) is 11.2 Å². The van der Waals surface area contributed by atoms with Crippen molar-refractivity contribution in [2.24, 2.45) is 0 Å². The number of hydrogen-bond acceptors (Lipinski definition) is 5. The van der Waals surface area contributed by atoms with Crippen molar-refractivity contribution >= 4 is 5.91 Å². The van der Waals surface area contributed by atoms with Crippen molar-refractivity contribution in [3.63, 3.8) is 0 Å². The maximum Gasteiger partial charge on any atom is 0.231 e. The minimum atomic E-state index is 0.0225. The van der Waals surface area contributed by atoms with E-state index in [1.165, 1.54) is 0 Å². The van der Waals surface area contributed by atoms with E-state index in [0.717, 1.165) is 53.5 Å². The van der Waals surface area contributed by atoms with Gasteiger partial charge in [0.25, 0.3) is 0 Å². The summed E-state index contributed by atoms with van der Waals surface area (Å²) in [7, 11) is 3.31. The zero-order chi connectivity index (χ0) is 19.5. The first kappa shape index (κ1) is 18.5. The van der Waals surface area contributed by atoms with E-state index in [1.54, 1.807) is 14.2 Å². The molecule has 1 atom stereocenters. The lowest BCUT2D eigenvalue weighted by atomic mass is 10.0. The molecule has 0 N–H and O–H groups in total. The summed E-state index contributed by atoms with van der Waals surface area (Å²) >= 11 is 0. The van der Waals surface area contributed by atoms with Crippen LogP contribution in [0.15, 0.2) is 36.4 Å². The number of ether oxygens (including phenoxy) is 4. The van der Waals surface area contributed by atoms with Crippen LogP contribution in [0.2, 0.25) is 0 Å². The molecule has 28 heavy (non-hydrogen) atoms. The van der Waals surface area contributed by atoms with E-state index in [-0.39, 0.29) is 18.7 Å². The maximum atomic E-state index is 13.0. The van der Waals surface area contributed by atoms with Crippen molar-refractivity contribution in [3.8, 4) is 23.0 Å². The number of aryl methyl sites for hydroxylation is 1. The van der Waals surface area contributed by atoms with Crippen molar-refractivity contribution in [1.29, 1.82) is 0 Å². The lowest BCUT2D eigenvalue weighted by Crippen LogP contribution is -2.31. The summed E-state index contributed by atoms with van der Waals surface area (Å²) in [4.78, 5) is 15.0. The number of rotatable bonds is 6. The first-order valence-corrected chi connectivity index (χ1v) is 9.59. The van der Waals surface area contributed by atoms with Crippen LogP contribution in [0.1, 0.15) is 36.4 Å². The number of benzene rings is 2. The topological polar surface area (TPSA) is 57.2 Å². The van der Waals surface area contributed by atoms with Gasteiger partial charge in [0, 0.05) is 18.5 Å². The maximum absolute atomic E-state index is 13.0. The van der Waals surface area contributed by atoms with Gasteiger partial charge in [0.05, 0.1) is 20.3 Å². The highest BCUT2D eigenvalue weighted by molar-refractivity contribution is 5.77. The van der Waals surface area contributed by atoms with Gasteiger partial charge >= 0.3 is 0 Å². The number of amides is 1. The van der Waals surface area contributed by atoms with Crippen LogP contribution < -0.4 is 18.9 Å². The van der Waals surface area contributed by atoms with Crippen molar-refractivity contribution in [3.05, 3.63) is 47.5 Å². The molecule has 2 aromatic carbocycles. The molecule has 4 rings (SSSR count). The highest BCUT2D eigenvalue weighted by Gasteiger charge is 2.32. The Balaban J connectivity index is 1.46. The highest BCUT2D eigenvalue weighted by atomic mass is 16.7. The molecule has 1 amide bonds. The molecule has 1 fully saturated rings. The van der Waals surface area contributed by atoms with Gasteiger partial charge in [-0.15, -0.1) is 0 Å². The average molecular weight is 383 g/mol. The summed E-state index contributed by atoms with van der Waals surface area (Å²) in [5, 5.41) is 0. The minimum absolute atomic E-state index is 0.0225. The molecule has 2 aliphatic rings. The van der Waals surface area contributed by atoms with Crippen molar-refractivity contribution in [1.82, 2.24) is 4.90 Å². The Morgan fingerprint density at radius 3 is 2.79 bits per heavy atom. The van der Waals surface area contributed by atoms with Gasteiger partial charge in [-0.2, -0.15) is 0 Å². The lowest BCUT2D eigenvalue weighted by molar-refractivity contribution is -0.132. The summed E-state index contributed by atoms with van der Waals surface area (Å²) in [6.07, 6.45) is 3.05. The lowest BCUT2D eigenvalue weighted by Gasteiger charge is -2.27. The molecule has 2 aliphatic heterocycles. The second-order valence-corrected chi connectivity index (χ2v) is 7.04. The molecule has 1 saturated heterocycles. The van der Waals surface area contributed by atoms with Gasteiger partial charge in [0.15, 0.2) is 11.5 Å². The van der Waals surface area contributed by atoms with E-state index >= 15 is 0 Å². The molecule has 0 unspecified atom stereocenters. The molecule has 0 aliphatic carbocycles. The molecule has 6 nitrogen and oxygen atoms in total. The Morgan fingerprint density at radius 1 is 1.11 bits per heavy atom. The molecule has 0 aromatic heterocycles. The van der Waals surface area contributed by atoms with Crippen LogP contribution in [0.5, 0.6) is 23.0 Å². The van der Waals surface area contributed by atoms with E-state index < -0.39 is 0 Å². The normalized spacial score (nSPS) is 17.6. The summed E-state index contributed by atoms with van der Waals surface area (Å²) < 4.78 is 21.7. The minimum Gasteiger partial charge on any atom is -0.497 e. The van der Waals surface area contributed by atoms with Crippen molar-refractivity contribution < 1.29 is 23.7 Å². The number of nitrogens with zero attached hydrogens (tertiary/aromatic N) is 1. The van der Waals surface area contributed by atoms with Gasteiger partial charge in [0.1, 0.15) is 11.5 Å².